The Morgan fingerprint density at radius 1 is 0.422 bits per heavy atom. The van der Waals surface area contributed by atoms with Crippen LogP contribution in [0.5, 0.6) is 11.5 Å². The molecular weight excluding hydrogens is 548 g/mol. The number of para-hydroxylation sites is 1. The van der Waals surface area contributed by atoms with Crippen LogP contribution in [-0.2, 0) is 0 Å². The second-order valence-corrected chi connectivity index (χ2v) is 11.4. The highest BCUT2D eigenvalue weighted by Crippen LogP contribution is 2.48. The summed E-state index contributed by atoms with van der Waals surface area (Å²) in [4.78, 5) is 10.0. The van der Waals surface area contributed by atoms with Crippen LogP contribution in [0.15, 0.2) is 158 Å². The third-order valence-electron chi connectivity index (χ3n) is 8.69. The highest BCUT2D eigenvalue weighted by Gasteiger charge is 2.21. The van der Waals surface area contributed by atoms with Crippen LogP contribution in [0.1, 0.15) is 0 Å². The second kappa shape index (κ2) is 10.3. The minimum Gasteiger partial charge on any atom is -0.456 e. The number of rotatable bonds is 4. The first-order valence-electron chi connectivity index (χ1n) is 15.1. The normalized spacial score (nSPS) is 11.7. The van der Waals surface area contributed by atoms with Crippen molar-refractivity contribution in [2.24, 2.45) is 0 Å². The molecule has 0 bridgehead atoms. The fraction of sp³-hybridized carbons (Fsp3) is 0. The van der Waals surface area contributed by atoms with Gasteiger partial charge in [-0.15, -0.1) is 0 Å². The van der Waals surface area contributed by atoms with E-state index in [4.69, 9.17) is 14.7 Å². The van der Waals surface area contributed by atoms with Gasteiger partial charge in [0.25, 0.3) is 0 Å². The zero-order valence-corrected chi connectivity index (χ0v) is 24.3. The van der Waals surface area contributed by atoms with Gasteiger partial charge in [-0.3, -0.25) is 4.98 Å². The Bertz CT molecular complexity index is 2340. The van der Waals surface area contributed by atoms with Crippen LogP contribution >= 0.6 is 0 Å². The van der Waals surface area contributed by atoms with Gasteiger partial charge in [-0.25, -0.2) is 4.98 Å². The van der Waals surface area contributed by atoms with Gasteiger partial charge < -0.3 is 4.74 Å². The molecule has 0 fully saturated rings. The van der Waals surface area contributed by atoms with Crippen molar-refractivity contribution in [3.63, 3.8) is 0 Å². The molecular formula is C42H26N2O. The minimum atomic E-state index is 0.892. The van der Waals surface area contributed by atoms with Gasteiger partial charge in [0, 0.05) is 39.2 Å². The van der Waals surface area contributed by atoms with Gasteiger partial charge in [0.2, 0.25) is 0 Å². The van der Waals surface area contributed by atoms with E-state index in [9.17, 15) is 0 Å². The molecule has 6 aromatic carbocycles. The number of hydrogen-bond donors (Lipinski definition) is 0. The third kappa shape index (κ3) is 4.37. The number of aromatic nitrogens is 2. The lowest BCUT2D eigenvalue weighted by Crippen LogP contribution is -1.97. The lowest BCUT2D eigenvalue weighted by atomic mass is 9.90. The third-order valence-corrected chi connectivity index (χ3v) is 8.69. The van der Waals surface area contributed by atoms with Crippen LogP contribution in [0.25, 0.3) is 77.6 Å². The number of fused-ring (bicyclic) bond motifs is 3. The van der Waals surface area contributed by atoms with Gasteiger partial charge >= 0.3 is 0 Å². The first kappa shape index (κ1) is 25.4. The van der Waals surface area contributed by atoms with E-state index in [-0.39, 0.29) is 0 Å². The first-order valence-corrected chi connectivity index (χ1v) is 15.1. The molecule has 3 heterocycles. The maximum absolute atomic E-state index is 6.32. The van der Waals surface area contributed by atoms with Crippen LogP contribution in [0.4, 0.5) is 0 Å². The molecule has 0 saturated heterocycles. The average Bonchev–Trinajstić information content (AvgIpc) is 3.12. The molecule has 0 aliphatic carbocycles. The summed E-state index contributed by atoms with van der Waals surface area (Å²) in [6.45, 7) is 0. The number of hydrogen-bond acceptors (Lipinski definition) is 3. The van der Waals surface area contributed by atoms with Gasteiger partial charge in [-0.05, 0) is 70.1 Å². The predicted molar refractivity (Wildman–Crippen MR) is 184 cm³/mol. The molecule has 9 rings (SSSR count). The lowest BCUT2D eigenvalue weighted by Gasteiger charge is -2.22. The summed E-state index contributed by atoms with van der Waals surface area (Å²) in [5, 5.41) is 3.40. The molecule has 45 heavy (non-hydrogen) atoms. The van der Waals surface area contributed by atoms with Crippen molar-refractivity contribution < 1.29 is 4.74 Å². The van der Waals surface area contributed by atoms with Crippen molar-refractivity contribution in [2.75, 3.05) is 0 Å². The number of benzene rings is 6. The molecule has 210 valence electrons. The standard InChI is InChI=1S/C42H26N2O/c1-3-10-27(11-4-1)38-24-31(25-39(44-38)28-12-5-2-6-13-28)29-18-19-30-22-32(26-43-37(30)23-29)33-20-21-41-42-35(33)15-9-16-36(42)34-14-7-8-17-40(34)45-41/h1-26H. The number of pyridine rings is 2. The van der Waals surface area contributed by atoms with Gasteiger partial charge in [-0.1, -0.05) is 109 Å². The topological polar surface area (TPSA) is 35.0 Å². The van der Waals surface area contributed by atoms with Crippen LogP contribution in [0.2, 0.25) is 0 Å². The van der Waals surface area contributed by atoms with Crippen LogP contribution < -0.4 is 4.74 Å². The smallest absolute Gasteiger partial charge is 0.135 e. The Morgan fingerprint density at radius 2 is 1.13 bits per heavy atom. The quantitative estimate of drug-likeness (QED) is 0.210. The Hall–Kier alpha value is -6.06. The molecule has 0 spiro atoms. The summed E-state index contributed by atoms with van der Waals surface area (Å²) in [7, 11) is 0. The first-order chi connectivity index (χ1) is 22.3. The molecule has 0 amide bonds. The molecule has 3 nitrogen and oxygen atoms in total. The zero-order valence-electron chi connectivity index (χ0n) is 24.3. The van der Waals surface area contributed by atoms with Crippen LogP contribution in [0, 0.1) is 0 Å². The van der Waals surface area contributed by atoms with Crippen molar-refractivity contribution >= 4 is 21.7 Å². The fourth-order valence-corrected chi connectivity index (χ4v) is 6.49. The summed E-state index contributed by atoms with van der Waals surface area (Å²) in [6.07, 6.45) is 1.99. The Labute approximate surface area is 261 Å². The summed E-state index contributed by atoms with van der Waals surface area (Å²) < 4.78 is 6.32. The van der Waals surface area contributed by atoms with E-state index in [1.54, 1.807) is 0 Å². The molecule has 0 radical (unpaired) electrons. The number of ether oxygens (including phenoxy) is 1. The maximum Gasteiger partial charge on any atom is 0.135 e. The van der Waals surface area contributed by atoms with Crippen molar-refractivity contribution in [3.8, 4) is 67.4 Å². The predicted octanol–water partition coefficient (Wildman–Crippen LogP) is 11.2. The van der Waals surface area contributed by atoms with E-state index in [1.807, 2.05) is 30.5 Å². The second-order valence-electron chi connectivity index (χ2n) is 11.4. The zero-order chi connectivity index (χ0) is 29.7. The minimum absolute atomic E-state index is 0.892. The molecule has 1 aliphatic heterocycles. The van der Waals surface area contributed by atoms with E-state index < -0.39 is 0 Å². The fourth-order valence-electron chi connectivity index (χ4n) is 6.49. The van der Waals surface area contributed by atoms with E-state index >= 15 is 0 Å². The van der Waals surface area contributed by atoms with Crippen molar-refractivity contribution in [1.82, 2.24) is 9.97 Å². The van der Waals surface area contributed by atoms with Crippen LogP contribution in [0.3, 0.4) is 0 Å². The highest BCUT2D eigenvalue weighted by molar-refractivity contribution is 6.10. The van der Waals surface area contributed by atoms with Crippen molar-refractivity contribution in [3.05, 3.63) is 158 Å². The average molecular weight is 575 g/mol. The monoisotopic (exact) mass is 574 g/mol. The molecule has 0 atom stereocenters. The van der Waals surface area contributed by atoms with E-state index in [1.165, 1.54) is 5.56 Å². The highest BCUT2D eigenvalue weighted by atomic mass is 16.5. The SMILES string of the molecule is c1ccc(-c2cc(-c3ccc4cc(-c5ccc6c7c(cccc57)-c5ccccc5O6)cnc4c3)cc(-c3ccccc3)n2)cc1. The molecule has 0 unspecified atom stereocenters. The number of nitrogens with zero attached hydrogens (tertiary/aromatic N) is 2. The summed E-state index contributed by atoms with van der Waals surface area (Å²) in [5.41, 5.74) is 11.8. The van der Waals surface area contributed by atoms with Gasteiger partial charge in [0.15, 0.2) is 0 Å². The van der Waals surface area contributed by atoms with Gasteiger partial charge in [0.05, 0.1) is 16.9 Å². The lowest BCUT2D eigenvalue weighted by molar-refractivity contribution is 0.487. The molecule has 0 N–H and O–H groups in total. The molecule has 8 aromatic rings. The summed E-state index contributed by atoms with van der Waals surface area (Å²) in [5.74, 6) is 1.79. The van der Waals surface area contributed by atoms with Crippen molar-refractivity contribution in [2.45, 2.75) is 0 Å². The van der Waals surface area contributed by atoms with Gasteiger partial charge in [0.1, 0.15) is 11.5 Å². The molecule has 0 saturated carbocycles. The maximum atomic E-state index is 6.32. The van der Waals surface area contributed by atoms with E-state index in [2.05, 4.69) is 127 Å². The largest absolute Gasteiger partial charge is 0.456 e. The Balaban J connectivity index is 1.14. The van der Waals surface area contributed by atoms with Gasteiger partial charge in [-0.2, -0.15) is 0 Å². The Kier molecular flexibility index (Phi) is 5.82. The molecule has 1 aliphatic rings. The summed E-state index contributed by atoms with van der Waals surface area (Å²) in [6, 6.07) is 52.8. The molecule has 2 aromatic heterocycles. The van der Waals surface area contributed by atoms with E-state index in [0.29, 0.717) is 0 Å². The summed E-state index contributed by atoms with van der Waals surface area (Å²) >= 11 is 0. The molecule has 3 heteroatoms. The van der Waals surface area contributed by atoms with Crippen molar-refractivity contribution in [1.29, 1.82) is 0 Å². The Morgan fingerprint density at radius 3 is 1.91 bits per heavy atom. The van der Waals surface area contributed by atoms with E-state index in [0.717, 1.165) is 83.5 Å². The van der Waals surface area contributed by atoms with Crippen LogP contribution in [-0.4, -0.2) is 9.97 Å².